The molecule has 0 amide bonds. The maximum atomic E-state index is 2.59. The molecule has 0 aliphatic carbocycles. The third-order valence-electron chi connectivity index (χ3n) is 4.51. The van der Waals surface area contributed by atoms with Crippen LogP contribution in [0.3, 0.4) is 0 Å². The van der Waals surface area contributed by atoms with E-state index in [4.69, 9.17) is 0 Å². The normalized spacial score (nSPS) is 15.0. The van der Waals surface area contributed by atoms with Gasteiger partial charge in [-0.1, -0.05) is 82.2 Å². The number of nitrogens with zero attached hydrogens (tertiary/aromatic N) is 1. The molecule has 3 rings (SSSR count). The predicted octanol–water partition coefficient (Wildman–Crippen LogP) is 6.15. The second-order valence-electron chi connectivity index (χ2n) is 6.01. The molecule has 1 nitrogen and oxygen atoms in total. The fraction of sp³-hybridized carbons (Fsp3) is 0.455. The molecule has 124 valence electrons. The van der Waals surface area contributed by atoms with E-state index in [9.17, 15) is 0 Å². The largest absolute Gasteiger partial charge is 0.299 e. The summed E-state index contributed by atoms with van der Waals surface area (Å²) in [5.41, 5.74) is 2.96. The quantitative estimate of drug-likeness (QED) is 0.599. The van der Waals surface area contributed by atoms with Gasteiger partial charge in [0, 0.05) is 13.1 Å². The zero-order valence-electron chi connectivity index (χ0n) is 15.0. The first kappa shape index (κ1) is 17.7. The molecular weight excluding hydrogens is 278 g/mol. The van der Waals surface area contributed by atoms with Crippen molar-refractivity contribution in [3.63, 3.8) is 0 Å². The zero-order chi connectivity index (χ0) is 16.5. The lowest BCUT2D eigenvalue weighted by Crippen LogP contribution is -2.29. The van der Waals surface area contributed by atoms with Gasteiger partial charge in [0.2, 0.25) is 0 Å². The maximum absolute atomic E-state index is 2.59. The van der Waals surface area contributed by atoms with Crippen molar-refractivity contribution < 1.29 is 0 Å². The second-order valence-corrected chi connectivity index (χ2v) is 6.01. The molecule has 2 aromatic carbocycles. The molecule has 0 saturated heterocycles. The van der Waals surface area contributed by atoms with Crippen molar-refractivity contribution in [3.05, 3.63) is 54.1 Å². The van der Waals surface area contributed by atoms with Crippen molar-refractivity contribution in [2.24, 2.45) is 0 Å². The smallest absolute Gasteiger partial charge is 0.0169 e. The molecule has 0 N–H and O–H groups in total. The third kappa shape index (κ3) is 4.68. The molecule has 0 spiro atoms. The third-order valence-corrected chi connectivity index (χ3v) is 4.51. The van der Waals surface area contributed by atoms with Crippen molar-refractivity contribution in [1.29, 1.82) is 0 Å². The molecule has 2 aromatic rings. The molecule has 0 aromatic heterocycles. The Morgan fingerprint density at radius 2 is 1.74 bits per heavy atom. The number of hydrogen-bond acceptors (Lipinski definition) is 1. The highest BCUT2D eigenvalue weighted by atomic mass is 15.1. The van der Waals surface area contributed by atoms with Crippen LogP contribution in [-0.4, -0.2) is 24.5 Å². The fourth-order valence-corrected chi connectivity index (χ4v) is 3.25. The molecule has 0 bridgehead atoms. The molecule has 23 heavy (non-hydrogen) atoms. The molecule has 1 heteroatoms. The first-order valence-corrected chi connectivity index (χ1v) is 9.28. The van der Waals surface area contributed by atoms with Gasteiger partial charge < -0.3 is 0 Å². The van der Waals surface area contributed by atoms with Crippen molar-refractivity contribution in [2.75, 3.05) is 19.6 Å². The van der Waals surface area contributed by atoms with Crippen molar-refractivity contribution in [1.82, 2.24) is 4.90 Å². The van der Waals surface area contributed by atoms with E-state index in [-0.39, 0.29) is 0 Å². The lowest BCUT2D eigenvalue weighted by atomic mass is 9.94. The first-order chi connectivity index (χ1) is 11.4. The molecule has 0 saturated carbocycles. The van der Waals surface area contributed by atoms with Crippen LogP contribution in [-0.2, 0) is 0 Å². The molecule has 1 heterocycles. The average Bonchev–Trinajstić information content (AvgIpc) is 2.64. The van der Waals surface area contributed by atoms with Gasteiger partial charge in [0.1, 0.15) is 0 Å². The Balaban J connectivity index is 0.000000924. The molecule has 0 fully saturated rings. The fourth-order valence-electron chi connectivity index (χ4n) is 3.25. The van der Waals surface area contributed by atoms with Crippen LogP contribution in [0.15, 0.2) is 48.5 Å². The summed E-state index contributed by atoms with van der Waals surface area (Å²) >= 11 is 0. The summed E-state index contributed by atoms with van der Waals surface area (Å²) in [4.78, 5) is 2.59. The summed E-state index contributed by atoms with van der Waals surface area (Å²) in [5, 5.41) is 2.74. The van der Waals surface area contributed by atoms with E-state index in [0.29, 0.717) is 0 Å². The molecule has 0 atom stereocenters. The lowest BCUT2D eigenvalue weighted by Gasteiger charge is -2.26. The Labute approximate surface area is 142 Å². The highest BCUT2D eigenvalue weighted by Gasteiger charge is 2.13. The van der Waals surface area contributed by atoms with Crippen LogP contribution in [0.25, 0.3) is 16.3 Å². The van der Waals surface area contributed by atoms with Gasteiger partial charge in [-0.05, 0) is 41.3 Å². The molecular formula is C22H31N. The minimum absolute atomic E-state index is 1.11. The summed E-state index contributed by atoms with van der Waals surface area (Å²) in [6.07, 6.45) is 7.63. The number of hydrogen-bond donors (Lipinski definition) is 0. The molecule has 0 unspecified atom stereocenters. The van der Waals surface area contributed by atoms with Gasteiger partial charge in [0.25, 0.3) is 0 Å². The van der Waals surface area contributed by atoms with Crippen molar-refractivity contribution in [3.8, 4) is 0 Å². The standard InChI is InChI=1S/C20H25N.C2H6/c1-2-3-6-14-21-15-12-18(13-16-21)20-11-7-9-17-8-4-5-10-19(17)20;1-2/h4-5,7-12H,2-3,6,13-16H2,1H3;1-2H3. The number of rotatable bonds is 5. The van der Waals surface area contributed by atoms with Crippen LogP contribution in [0, 0.1) is 0 Å². The van der Waals surface area contributed by atoms with Crippen LogP contribution >= 0.6 is 0 Å². The zero-order valence-corrected chi connectivity index (χ0v) is 15.0. The summed E-state index contributed by atoms with van der Waals surface area (Å²) < 4.78 is 0. The summed E-state index contributed by atoms with van der Waals surface area (Å²) in [6.45, 7) is 9.85. The number of benzene rings is 2. The van der Waals surface area contributed by atoms with Crippen LogP contribution < -0.4 is 0 Å². The van der Waals surface area contributed by atoms with Crippen LogP contribution in [0.5, 0.6) is 0 Å². The van der Waals surface area contributed by atoms with Crippen molar-refractivity contribution >= 4 is 16.3 Å². The van der Waals surface area contributed by atoms with Crippen LogP contribution in [0.2, 0.25) is 0 Å². The minimum Gasteiger partial charge on any atom is -0.299 e. The van der Waals surface area contributed by atoms with E-state index in [1.165, 1.54) is 60.7 Å². The summed E-state index contributed by atoms with van der Waals surface area (Å²) in [7, 11) is 0. The van der Waals surface area contributed by atoms with Crippen LogP contribution in [0.4, 0.5) is 0 Å². The maximum Gasteiger partial charge on any atom is 0.0169 e. The van der Waals surface area contributed by atoms with E-state index >= 15 is 0 Å². The van der Waals surface area contributed by atoms with Gasteiger partial charge in [0.05, 0.1) is 0 Å². The molecule has 1 aliphatic heterocycles. The molecule has 1 aliphatic rings. The summed E-state index contributed by atoms with van der Waals surface area (Å²) in [6, 6.07) is 15.4. The predicted molar refractivity (Wildman–Crippen MR) is 104 cm³/mol. The lowest BCUT2D eigenvalue weighted by molar-refractivity contribution is 0.295. The van der Waals surface area contributed by atoms with Gasteiger partial charge >= 0.3 is 0 Å². The molecule has 0 radical (unpaired) electrons. The SMILES string of the molecule is CC.CCCCCN1CC=C(c2cccc3ccccc23)CC1. The Morgan fingerprint density at radius 3 is 2.48 bits per heavy atom. The first-order valence-electron chi connectivity index (χ1n) is 9.28. The van der Waals surface area contributed by atoms with E-state index in [2.05, 4.69) is 60.4 Å². The second kappa shape index (κ2) is 9.52. The number of unbranched alkanes of at least 4 members (excludes halogenated alkanes) is 2. The Bertz CT molecular complexity index is 621. The summed E-state index contributed by atoms with van der Waals surface area (Å²) in [5.74, 6) is 0. The average molecular weight is 309 g/mol. The van der Waals surface area contributed by atoms with Crippen molar-refractivity contribution in [2.45, 2.75) is 46.5 Å². The van der Waals surface area contributed by atoms with E-state index in [1.807, 2.05) is 13.8 Å². The Hall–Kier alpha value is -1.60. The number of fused-ring (bicyclic) bond motifs is 1. The van der Waals surface area contributed by atoms with Crippen LogP contribution in [0.1, 0.15) is 52.0 Å². The van der Waals surface area contributed by atoms with E-state index in [0.717, 1.165) is 6.54 Å². The Kier molecular flexibility index (Phi) is 7.35. The monoisotopic (exact) mass is 309 g/mol. The Morgan fingerprint density at radius 1 is 0.957 bits per heavy atom. The topological polar surface area (TPSA) is 3.24 Å². The highest BCUT2D eigenvalue weighted by Crippen LogP contribution is 2.29. The van der Waals surface area contributed by atoms with Gasteiger partial charge in [-0.3, -0.25) is 4.90 Å². The minimum atomic E-state index is 1.11. The van der Waals surface area contributed by atoms with Gasteiger partial charge in [-0.15, -0.1) is 0 Å². The van der Waals surface area contributed by atoms with Gasteiger partial charge in [0.15, 0.2) is 0 Å². The highest BCUT2D eigenvalue weighted by molar-refractivity contribution is 5.94. The van der Waals surface area contributed by atoms with Gasteiger partial charge in [-0.25, -0.2) is 0 Å². The van der Waals surface area contributed by atoms with Gasteiger partial charge in [-0.2, -0.15) is 0 Å². The van der Waals surface area contributed by atoms with E-state index in [1.54, 1.807) is 0 Å². The van der Waals surface area contributed by atoms with E-state index < -0.39 is 0 Å².